The summed E-state index contributed by atoms with van der Waals surface area (Å²) in [6, 6.07) is 41.1. The summed E-state index contributed by atoms with van der Waals surface area (Å²) < 4.78 is 0. The third-order valence-electron chi connectivity index (χ3n) is 5.35. The predicted octanol–water partition coefficient (Wildman–Crippen LogP) is 7.25. The molecule has 0 saturated carbocycles. The van der Waals surface area contributed by atoms with Crippen LogP contribution in [0.2, 0.25) is 0 Å². The first-order chi connectivity index (χ1) is 14.8. The summed E-state index contributed by atoms with van der Waals surface area (Å²) >= 11 is 1.93. The van der Waals surface area contributed by atoms with Crippen LogP contribution in [0, 0.1) is 0 Å². The number of thioether (sulfide) groups is 1. The first-order valence-electron chi connectivity index (χ1n) is 10.4. The second-order valence-electron chi connectivity index (χ2n) is 7.43. The van der Waals surface area contributed by atoms with E-state index in [9.17, 15) is 0 Å². The Morgan fingerprint density at radius 3 is 1.93 bits per heavy atom. The number of rotatable bonds is 8. The third kappa shape index (κ3) is 5.14. The van der Waals surface area contributed by atoms with Gasteiger partial charge < -0.3 is 4.90 Å². The molecule has 0 aliphatic rings. The van der Waals surface area contributed by atoms with Crippen LogP contribution in [0.1, 0.15) is 21.9 Å². The molecule has 2 heteroatoms. The number of hydrogen-bond donors (Lipinski definition) is 0. The number of benzene rings is 4. The van der Waals surface area contributed by atoms with Crippen molar-refractivity contribution in [3.05, 3.63) is 132 Å². The Labute approximate surface area is 184 Å². The lowest BCUT2D eigenvalue weighted by Gasteiger charge is -2.23. The van der Waals surface area contributed by atoms with E-state index in [1.54, 1.807) is 0 Å². The van der Waals surface area contributed by atoms with Crippen molar-refractivity contribution in [2.75, 3.05) is 18.5 Å². The molecule has 0 amide bonds. The molecule has 30 heavy (non-hydrogen) atoms. The SMILES string of the molecule is CN(CCc1ccccc1[C@H](Sc1ccccc1)c1ccccc1)c1ccccc1. The van der Waals surface area contributed by atoms with Gasteiger partial charge in [0.05, 0.1) is 5.25 Å². The molecule has 0 fully saturated rings. The average molecular weight is 410 g/mol. The van der Waals surface area contributed by atoms with E-state index in [1.807, 2.05) is 11.8 Å². The molecule has 0 aliphatic carbocycles. The Morgan fingerprint density at radius 1 is 0.667 bits per heavy atom. The molecule has 0 spiro atoms. The van der Waals surface area contributed by atoms with Gasteiger partial charge in [-0.2, -0.15) is 0 Å². The summed E-state index contributed by atoms with van der Waals surface area (Å²) in [4.78, 5) is 3.63. The maximum absolute atomic E-state index is 2.33. The smallest absolute Gasteiger partial charge is 0.0596 e. The molecular formula is C28H27NS. The number of likely N-dealkylation sites (N-methyl/N-ethyl adjacent to an activating group) is 1. The number of para-hydroxylation sites is 1. The normalized spacial score (nSPS) is 11.8. The van der Waals surface area contributed by atoms with E-state index in [-0.39, 0.29) is 5.25 Å². The van der Waals surface area contributed by atoms with E-state index in [1.165, 1.54) is 27.3 Å². The summed E-state index contributed by atoms with van der Waals surface area (Å²) in [6.45, 7) is 0.985. The lowest BCUT2D eigenvalue weighted by Crippen LogP contribution is -2.20. The monoisotopic (exact) mass is 409 g/mol. The molecule has 4 rings (SSSR count). The quantitative estimate of drug-likeness (QED) is 0.282. The van der Waals surface area contributed by atoms with Gasteiger partial charge >= 0.3 is 0 Å². The van der Waals surface area contributed by atoms with Gasteiger partial charge in [-0.25, -0.2) is 0 Å². The molecule has 0 aromatic heterocycles. The highest BCUT2D eigenvalue weighted by Gasteiger charge is 2.19. The first-order valence-corrected chi connectivity index (χ1v) is 11.3. The van der Waals surface area contributed by atoms with Gasteiger partial charge in [0.1, 0.15) is 0 Å². The number of hydrogen-bond acceptors (Lipinski definition) is 2. The van der Waals surface area contributed by atoms with Crippen LogP contribution in [0.15, 0.2) is 120 Å². The van der Waals surface area contributed by atoms with Crippen LogP contribution in [-0.2, 0) is 6.42 Å². The number of nitrogens with zero attached hydrogens (tertiary/aromatic N) is 1. The molecule has 0 saturated heterocycles. The lowest BCUT2D eigenvalue weighted by atomic mass is 9.97. The van der Waals surface area contributed by atoms with E-state index in [0.717, 1.165) is 13.0 Å². The topological polar surface area (TPSA) is 3.24 Å². The molecule has 0 heterocycles. The molecular weight excluding hydrogens is 382 g/mol. The summed E-state index contributed by atoms with van der Waals surface area (Å²) in [7, 11) is 2.17. The highest BCUT2D eigenvalue weighted by atomic mass is 32.2. The van der Waals surface area contributed by atoms with E-state index in [2.05, 4.69) is 127 Å². The van der Waals surface area contributed by atoms with Crippen molar-refractivity contribution in [1.82, 2.24) is 0 Å². The van der Waals surface area contributed by atoms with Crippen LogP contribution in [-0.4, -0.2) is 13.6 Å². The Kier molecular flexibility index (Phi) is 6.89. The second-order valence-corrected chi connectivity index (χ2v) is 8.61. The van der Waals surface area contributed by atoms with Crippen molar-refractivity contribution in [1.29, 1.82) is 0 Å². The zero-order valence-electron chi connectivity index (χ0n) is 17.3. The minimum Gasteiger partial charge on any atom is -0.374 e. The summed E-state index contributed by atoms with van der Waals surface area (Å²) in [5.74, 6) is 0. The Hall–Kier alpha value is -2.97. The highest BCUT2D eigenvalue weighted by Crippen LogP contribution is 2.41. The molecule has 0 unspecified atom stereocenters. The van der Waals surface area contributed by atoms with Crippen molar-refractivity contribution < 1.29 is 0 Å². The average Bonchev–Trinajstić information content (AvgIpc) is 2.83. The van der Waals surface area contributed by atoms with E-state index < -0.39 is 0 Å². The fourth-order valence-corrected chi connectivity index (χ4v) is 4.93. The molecule has 150 valence electrons. The molecule has 0 N–H and O–H groups in total. The van der Waals surface area contributed by atoms with Gasteiger partial charge in [-0.05, 0) is 47.4 Å². The molecule has 1 atom stereocenters. The minimum absolute atomic E-state index is 0.270. The van der Waals surface area contributed by atoms with Crippen molar-refractivity contribution >= 4 is 17.4 Å². The van der Waals surface area contributed by atoms with Crippen LogP contribution in [0.25, 0.3) is 0 Å². The van der Waals surface area contributed by atoms with Gasteiger partial charge in [0.2, 0.25) is 0 Å². The van der Waals surface area contributed by atoms with Gasteiger partial charge in [0, 0.05) is 24.2 Å². The molecule has 0 aliphatic heterocycles. The van der Waals surface area contributed by atoms with E-state index in [0.29, 0.717) is 0 Å². The van der Waals surface area contributed by atoms with Gasteiger partial charge in [0.25, 0.3) is 0 Å². The van der Waals surface area contributed by atoms with Gasteiger partial charge in [-0.15, -0.1) is 11.8 Å². The fraction of sp³-hybridized carbons (Fsp3) is 0.143. The Bertz CT molecular complexity index is 1030. The van der Waals surface area contributed by atoms with Crippen LogP contribution in [0.4, 0.5) is 5.69 Å². The highest BCUT2D eigenvalue weighted by molar-refractivity contribution is 7.99. The minimum atomic E-state index is 0.270. The van der Waals surface area contributed by atoms with Crippen molar-refractivity contribution in [3.8, 4) is 0 Å². The standard InChI is InChI=1S/C28H27NS/c1-29(25-16-7-3-8-17-25)22-21-23-13-11-12-20-27(23)28(24-14-5-2-6-15-24)30-26-18-9-4-10-19-26/h2-20,28H,21-22H2,1H3/t28-/m1/s1. The van der Waals surface area contributed by atoms with E-state index in [4.69, 9.17) is 0 Å². The number of anilines is 1. The van der Waals surface area contributed by atoms with Crippen LogP contribution >= 0.6 is 11.8 Å². The Morgan fingerprint density at radius 2 is 1.23 bits per heavy atom. The zero-order chi connectivity index (χ0) is 20.6. The van der Waals surface area contributed by atoms with Crippen LogP contribution in [0.5, 0.6) is 0 Å². The predicted molar refractivity (Wildman–Crippen MR) is 130 cm³/mol. The van der Waals surface area contributed by atoms with E-state index >= 15 is 0 Å². The first kappa shape index (κ1) is 20.3. The van der Waals surface area contributed by atoms with Crippen molar-refractivity contribution in [2.24, 2.45) is 0 Å². The van der Waals surface area contributed by atoms with Crippen molar-refractivity contribution in [3.63, 3.8) is 0 Å². The molecule has 4 aromatic rings. The third-order valence-corrected chi connectivity index (χ3v) is 6.66. The summed E-state index contributed by atoms with van der Waals surface area (Å²) in [6.07, 6.45) is 1.01. The molecule has 4 aromatic carbocycles. The Balaban J connectivity index is 1.61. The maximum atomic E-state index is 2.33. The lowest BCUT2D eigenvalue weighted by molar-refractivity contribution is 0.865. The largest absolute Gasteiger partial charge is 0.374 e. The molecule has 0 radical (unpaired) electrons. The summed E-state index contributed by atoms with van der Waals surface area (Å²) in [5.41, 5.74) is 5.42. The van der Waals surface area contributed by atoms with Crippen LogP contribution < -0.4 is 4.90 Å². The van der Waals surface area contributed by atoms with Gasteiger partial charge in [-0.3, -0.25) is 0 Å². The second kappa shape index (κ2) is 10.2. The molecule has 1 nitrogen and oxygen atoms in total. The van der Waals surface area contributed by atoms with Gasteiger partial charge in [0.15, 0.2) is 0 Å². The zero-order valence-corrected chi connectivity index (χ0v) is 18.1. The van der Waals surface area contributed by atoms with Crippen molar-refractivity contribution in [2.45, 2.75) is 16.6 Å². The fourth-order valence-electron chi connectivity index (χ4n) is 3.69. The van der Waals surface area contributed by atoms with Crippen LogP contribution in [0.3, 0.4) is 0 Å². The van der Waals surface area contributed by atoms with Gasteiger partial charge in [-0.1, -0.05) is 91.0 Å². The molecule has 0 bridgehead atoms. The maximum Gasteiger partial charge on any atom is 0.0596 e. The summed E-state index contributed by atoms with van der Waals surface area (Å²) in [5, 5.41) is 0.270.